The summed E-state index contributed by atoms with van der Waals surface area (Å²) in [4.78, 5) is 40.5. The molecule has 0 bridgehead atoms. The van der Waals surface area contributed by atoms with Crippen LogP contribution in [0.1, 0.15) is 62.5 Å². The molecule has 42 heavy (non-hydrogen) atoms. The summed E-state index contributed by atoms with van der Waals surface area (Å²) < 4.78 is 53.0. The lowest BCUT2D eigenvalue weighted by Crippen LogP contribution is -2.53. The van der Waals surface area contributed by atoms with Crippen molar-refractivity contribution in [3.8, 4) is 0 Å². The summed E-state index contributed by atoms with van der Waals surface area (Å²) in [6.07, 6.45) is 4.45. The molecule has 2 aromatic carbocycles. The second-order valence-corrected chi connectivity index (χ2v) is 14.1. The van der Waals surface area contributed by atoms with Crippen LogP contribution in [0.4, 0.5) is 18.9 Å². The van der Waals surface area contributed by atoms with E-state index in [-0.39, 0.29) is 18.0 Å². The smallest absolute Gasteiger partial charge is 0.374 e. The van der Waals surface area contributed by atoms with Crippen LogP contribution in [0, 0.1) is 5.92 Å². The minimum Gasteiger partial charge on any atom is -0.374 e. The number of allylic oxidation sites excluding steroid dienone is 1. The van der Waals surface area contributed by atoms with Gasteiger partial charge in [-0.15, -0.1) is 0 Å². The topological polar surface area (TPSA) is 98.7 Å². The van der Waals surface area contributed by atoms with Crippen molar-refractivity contribution in [3.63, 3.8) is 0 Å². The third kappa shape index (κ3) is 6.60. The van der Waals surface area contributed by atoms with Gasteiger partial charge in [0.05, 0.1) is 11.7 Å². The molecule has 2 aromatic rings. The van der Waals surface area contributed by atoms with Crippen LogP contribution in [0.2, 0.25) is 0 Å². The second kappa shape index (κ2) is 12.3. The van der Waals surface area contributed by atoms with E-state index in [1.54, 1.807) is 12.1 Å². The highest BCUT2D eigenvalue weighted by molar-refractivity contribution is 7.59. The fraction of sp³-hybridized carbons (Fsp3) is 0.484. The number of halogens is 3. The van der Waals surface area contributed by atoms with E-state index in [0.717, 1.165) is 37.8 Å². The first-order valence-corrected chi connectivity index (χ1v) is 16.4. The number of anilines is 1. The van der Waals surface area contributed by atoms with Gasteiger partial charge < -0.3 is 20.4 Å². The zero-order chi connectivity index (χ0) is 30.0. The highest BCUT2D eigenvalue weighted by Crippen LogP contribution is 2.71. The molecule has 5 rings (SSSR count). The summed E-state index contributed by atoms with van der Waals surface area (Å²) in [5, 5.41) is 4.78. The fourth-order valence-electron chi connectivity index (χ4n) is 6.17. The number of nitrogens with zero attached hydrogens (tertiary/aromatic N) is 1. The number of carbonyl (C=O) groups is 2. The zero-order valence-corrected chi connectivity index (χ0v) is 24.2. The van der Waals surface area contributed by atoms with E-state index in [4.69, 9.17) is 0 Å². The Kier molecular flexibility index (Phi) is 8.86. The number of nitrogens with one attached hydrogen (secondary N) is 2. The maximum atomic E-state index is 13.9. The predicted octanol–water partition coefficient (Wildman–Crippen LogP) is 6.30. The Labute approximate surface area is 244 Å². The molecule has 2 fully saturated rings. The van der Waals surface area contributed by atoms with E-state index < -0.39 is 42.4 Å². The highest BCUT2D eigenvalue weighted by atomic mass is 31.2. The highest BCUT2D eigenvalue weighted by Gasteiger charge is 2.65. The average molecular weight is 604 g/mol. The Morgan fingerprint density at radius 3 is 2.45 bits per heavy atom. The second-order valence-electron chi connectivity index (χ2n) is 11.6. The minimum atomic E-state index is -4.46. The molecular weight excluding hydrogens is 566 g/mol. The first-order valence-electron chi connectivity index (χ1n) is 14.6. The van der Waals surface area contributed by atoms with Gasteiger partial charge in [-0.1, -0.05) is 55.3 Å². The summed E-state index contributed by atoms with van der Waals surface area (Å²) in [5.41, 5.74) is 0.336. The van der Waals surface area contributed by atoms with Crippen molar-refractivity contribution in [2.45, 2.75) is 81.1 Å². The SMILES string of the molecule is O=C1N[C@]2(P(=O)(O)Cc3ccccc3)C[C@H]2/C=C\CCCCC[C@H](Nc2ccc(C(F)(F)F)cc2)C(=O)N2CCC[C@@H]12. The van der Waals surface area contributed by atoms with E-state index >= 15 is 0 Å². The Morgan fingerprint density at radius 1 is 1.00 bits per heavy atom. The van der Waals surface area contributed by atoms with Gasteiger partial charge >= 0.3 is 6.18 Å². The monoisotopic (exact) mass is 603 g/mol. The molecular formula is C31H37F3N3O4P. The molecule has 226 valence electrons. The van der Waals surface area contributed by atoms with Gasteiger partial charge in [-0.2, -0.15) is 13.2 Å². The first-order chi connectivity index (χ1) is 20.0. The summed E-state index contributed by atoms with van der Waals surface area (Å²) in [6, 6.07) is 12.1. The Morgan fingerprint density at radius 2 is 1.74 bits per heavy atom. The van der Waals surface area contributed by atoms with Gasteiger partial charge in [-0.25, -0.2) is 0 Å². The molecule has 3 N–H and O–H groups in total. The molecule has 5 atom stereocenters. The lowest BCUT2D eigenvalue weighted by atomic mass is 10.0. The van der Waals surface area contributed by atoms with E-state index in [1.807, 2.05) is 30.4 Å². The molecule has 0 radical (unpaired) electrons. The third-order valence-electron chi connectivity index (χ3n) is 8.61. The van der Waals surface area contributed by atoms with Crippen LogP contribution in [0.25, 0.3) is 0 Å². The van der Waals surface area contributed by atoms with Crippen LogP contribution in [0.15, 0.2) is 66.7 Å². The molecule has 0 aromatic heterocycles. The maximum Gasteiger partial charge on any atom is 0.416 e. The van der Waals surface area contributed by atoms with Crippen molar-refractivity contribution in [1.29, 1.82) is 0 Å². The van der Waals surface area contributed by atoms with Gasteiger partial charge in [0, 0.05) is 18.2 Å². The summed E-state index contributed by atoms with van der Waals surface area (Å²) in [7, 11) is -3.90. The van der Waals surface area contributed by atoms with Crippen LogP contribution in [0.5, 0.6) is 0 Å². The van der Waals surface area contributed by atoms with Gasteiger partial charge in [-0.3, -0.25) is 14.2 Å². The molecule has 2 heterocycles. The molecule has 2 aliphatic heterocycles. The molecule has 0 spiro atoms. The van der Waals surface area contributed by atoms with Crippen molar-refractivity contribution in [2.24, 2.45) is 5.92 Å². The summed E-state index contributed by atoms with van der Waals surface area (Å²) >= 11 is 0. The Bertz CT molecular complexity index is 1350. The molecule has 7 nitrogen and oxygen atoms in total. The van der Waals surface area contributed by atoms with Gasteiger partial charge in [0.2, 0.25) is 19.2 Å². The van der Waals surface area contributed by atoms with Gasteiger partial charge in [-0.05, 0) is 68.4 Å². The molecule has 1 saturated heterocycles. The standard InChI is InChI=1S/C31H37F3N3O4P/c32-31(33,34)23-15-17-25(18-16-23)35-26-13-8-3-1-2-7-12-24-20-30(24,42(40,41)21-22-10-5-4-6-11-22)36-28(38)27-14-9-19-37(27)29(26)39/h4-7,10-12,15-18,24,26-27,35H,1-3,8-9,13-14,19-21H2,(H,36,38)(H,40,41)/b12-7-/t24-,26+,27+,30+/m1/s1. The number of hydrogen-bond acceptors (Lipinski definition) is 4. The van der Waals surface area contributed by atoms with Crippen molar-refractivity contribution >= 4 is 24.9 Å². The van der Waals surface area contributed by atoms with Crippen LogP contribution in [0.3, 0.4) is 0 Å². The largest absolute Gasteiger partial charge is 0.416 e. The Hall–Kier alpha value is -3.10. The third-order valence-corrected chi connectivity index (χ3v) is 11.3. The predicted molar refractivity (Wildman–Crippen MR) is 155 cm³/mol. The van der Waals surface area contributed by atoms with Gasteiger partial charge in [0.25, 0.3) is 0 Å². The lowest BCUT2D eigenvalue weighted by Gasteiger charge is -2.32. The average Bonchev–Trinajstić information content (AvgIpc) is 3.42. The zero-order valence-electron chi connectivity index (χ0n) is 23.4. The number of alkyl halides is 3. The normalized spacial score (nSPS) is 29.2. The minimum absolute atomic E-state index is 0.0646. The molecule has 1 aliphatic carbocycles. The molecule has 11 heteroatoms. The van der Waals surface area contributed by atoms with Crippen LogP contribution < -0.4 is 10.6 Å². The number of carbonyl (C=O) groups excluding carboxylic acids is 2. The van der Waals surface area contributed by atoms with E-state index in [9.17, 15) is 32.2 Å². The van der Waals surface area contributed by atoms with E-state index in [2.05, 4.69) is 10.6 Å². The van der Waals surface area contributed by atoms with Crippen LogP contribution >= 0.6 is 7.37 Å². The molecule has 3 aliphatic rings. The van der Waals surface area contributed by atoms with Crippen molar-refractivity contribution in [3.05, 3.63) is 77.9 Å². The first kappa shape index (κ1) is 30.4. The number of rotatable bonds is 5. The van der Waals surface area contributed by atoms with E-state index in [1.165, 1.54) is 17.0 Å². The van der Waals surface area contributed by atoms with E-state index in [0.29, 0.717) is 43.5 Å². The Balaban J connectivity index is 1.38. The maximum absolute atomic E-state index is 13.9. The molecule has 1 unspecified atom stereocenters. The van der Waals surface area contributed by atoms with Crippen LogP contribution in [-0.2, 0) is 26.5 Å². The van der Waals surface area contributed by atoms with Crippen LogP contribution in [-0.4, -0.2) is 45.5 Å². The number of benzene rings is 2. The quantitative estimate of drug-likeness (QED) is 0.275. The van der Waals surface area contributed by atoms with Crippen molar-refractivity contribution in [2.75, 3.05) is 11.9 Å². The van der Waals surface area contributed by atoms with Crippen molar-refractivity contribution < 1.29 is 32.2 Å². The molecule has 2 amide bonds. The lowest BCUT2D eigenvalue weighted by molar-refractivity contribution is -0.139. The number of hydrogen-bond donors (Lipinski definition) is 3. The summed E-state index contributed by atoms with van der Waals surface area (Å²) in [6.45, 7) is 0.360. The van der Waals surface area contributed by atoms with Gasteiger partial charge in [0.15, 0.2) is 0 Å². The van der Waals surface area contributed by atoms with Crippen molar-refractivity contribution in [1.82, 2.24) is 10.2 Å². The molecule has 1 saturated carbocycles. The fourth-order valence-corrected chi connectivity index (χ4v) is 8.53. The number of amides is 2. The summed E-state index contributed by atoms with van der Waals surface area (Å²) in [5.74, 6) is -1.01. The van der Waals surface area contributed by atoms with Gasteiger partial charge in [0.1, 0.15) is 17.4 Å². The number of fused-ring (bicyclic) bond motifs is 2.